The zero-order valence-corrected chi connectivity index (χ0v) is 16.4. The minimum Gasteiger partial charge on any atom is -0.338 e. The standard InChI is InChI=1S/C24H22N4O/c1-16(2)19-9-3-4-10-20(19)28-24(29)18-12-13-22(26-15-18)27-21-11-5-7-17-8-6-14-25-23(17)21/h3-16H,1-2H3,(H,26,27)(H,28,29). The highest BCUT2D eigenvalue weighted by Gasteiger charge is 2.11. The Labute approximate surface area is 169 Å². The molecular formula is C24H22N4O. The molecule has 1 amide bonds. The Hall–Kier alpha value is -3.73. The van der Waals surface area contributed by atoms with Crippen LogP contribution in [0.2, 0.25) is 0 Å². The van der Waals surface area contributed by atoms with Crippen molar-refractivity contribution in [3.63, 3.8) is 0 Å². The van der Waals surface area contributed by atoms with Gasteiger partial charge in [0.1, 0.15) is 5.82 Å². The summed E-state index contributed by atoms with van der Waals surface area (Å²) < 4.78 is 0. The molecule has 4 aromatic rings. The zero-order chi connectivity index (χ0) is 20.2. The lowest BCUT2D eigenvalue weighted by Crippen LogP contribution is -2.14. The average Bonchev–Trinajstić information content (AvgIpc) is 2.75. The van der Waals surface area contributed by atoms with Crippen molar-refractivity contribution in [3.8, 4) is 0 Å². The summed E-state index contributed by atoms with van der Waals surface area (Å²) in [4.78, 5) is 21.5. The third-order valence-corrected chi connectivity index (χ3v) is 4.75. The number of amides is 1. The van der Waals surface area contributed by atoms with Gasteiger partial charge in [0.15, 0.2) is 0 Å². The molecule has 144 valence electrons. The highest BCUT2D eigenvalue weighted by Crippen LogP contribution is 2.25. The van der Waals surface area contributed by atoms with E-state index in [1.807, 2.05) is 54.6 Å². The third kappa shape index (κ3) is 4.09. The molecule has 0 aliphatic rings. The predicted molar refractivity (Wildman–Crippen MR) is 118 cm³/mol. The molecule has 2 heterocycles. The number of pyridine rings is 2. The topological polar surface area (TPSA) is 66.9 Å². The van der Waals surface area contributed by atoms with Gasteiger partial charge in [-0.2, -0.15) is 0 Å². The molecule has 5 nitrogen and oxygen atoms in total. The van der Waals surface area contributed by atoms with Gasteiger partial charge in [0.25, 0.3) is 5.91 Å². The molecule has 0 atom stereocenters. The number of carbonyl (C=O) groups is 1. The number of para-hydroxylation sites is 2. The fraction of sp³-hybridized carbons (Fsp3) is 0.125. The van der Waals surface area contributed by atoms with Gasteiger partial charge in [-0.3, -0.25) is 9.78 Å². The fourth-order valence-corrected chi connectivity index (χ4v) is 3.25. The minimum absolute atomic E-state index is 0.177. The Kier molecular flexibility index (Phi) is 5.20. The molecule has 0 unspecified atom stereocenters. The van der Waals surface area contributed by atoms with Crippen molar-refractivity contribution >= 4 is 34.0 Å². The van der Waals surface area contributed by atoms with E-state index in [0.29, 0.717) is 17.3 Å². The van der Waals surface area contributed by atoms with Crippen LogP contribution < -0.4 is 10.6 Å². The van der Waals surface area contributed by atoms with Crippen molar-refractivity contribution in [1.29, 1.82) is 0 Å². The summed E-state index contributed by atoms with van der Waals surface area (Å²) in [6, 6.07) is 21.3. The molecule has 2 aromatic carbocycles. The van der Waals surface area contributed by atoms with Crippen LogP contribution in [-0.4, -0.2) is 15.9 Å². The highest BCUT2D eigenvalue weighted by molar-refractivity contribution is 6.04. The number of fused-ring (bicyclic) bond motifs is 1. The Morgan fingerprint density at radius 1 is 0.862 bits per heavy atom. The normalized spacial score (nSPS) is 10.9. The van der Waals surface area contributed by atoms with Gasteiger partial charge < -0.3 is 10.6 Å². The first-order chi connectivity index (χ1) is 14.1. The summed E-state index contributed by atoms with van der Waals surface area (Å²) in [5, 5.41) is 7.33. The Morgan fingerprint density at radius 2 is 1.66 bits per heavy atom. The van der Waals surface area contributed by atoms with E-state index in [-0.39, 0.29) is 5.91 Å². The van der Waals surface area contributed by atoms with Crippen LogP contribution in [0.15, 0.2) is 79.1 Å². The van der Waals surface area contributed by atoms with Crippen LogP contribution in [0.3, 0.4) is 0 Å². The fourth-order valence-electron chi connectivity index (χ4n) is 3.25. The molecule has 5 heteroatoms. The zero-order valence-electron chi connectivity index (χ0n) is 16.4. The van der Waals surface area contributed by atoms with Crippen molar-refractivity contribution in [3.05, 3.63) is 90.3 Å². The van der Waals surface area contributed by atoms with Gasteiger partial charge in [-0.25, -0.2) is 4.98 Å². The van der Waals surface area contributed by atoms with Gasteiger partial charge in [0.05, 0.1) is 16.8 Å². The van der Waals surface area contributed by atoms with E-state index in [1.165, 1.54) is 0 Å². The molecule has 2 aromatic heterocycles. The third-order valence-electron chi connectivity index (χ3n) is 4.75. The molecule has 0 fully saturated rings. The lowest BCUT2D eigenvalue weighted by Gasteiger charge is -2.14. The molecule has 0 bridgehead atoms. The van der Waals surface area contributed by atoms with Crippen molar-refractivity contribution in [2.24, 2.45) is 0 Å². The lowest BCUT2D eigenvalue weighted by molar-refractivity contribution is 0.102. The van der Waals surface area contributed by atoms with Crippen LogP contribution in [0.5, 0.6) is 0 Å². The number of carbonyl (C=O) groups excluding carboxylic acids is 1. The molecule has 2 N–H and O–H groups in total. The summed E-state index contributed by atoms with van der Waals surface area (Å²) in [5.41, 5.74) is 4.19. The predicted octanol–water partition coefficient (Wildman–Crippen LogP) is 5.75. The summed E-state index contributed by atoms with van der Waals surface area (Å²) in [6.07, 6.45) is 3.34. The quantitative estimate of drug-likeness (QED) is 0.461. The van der Waals surface area contributed by atoms with Gasteiger partial charge >= 0.3 is 0 Å². The maximum atomic E-state index is 12.7. The number of hydrogen-bond acceptors (Lipinski definition) is 4. The van der Waals surface area contributed by atoms with Crippen LogP contribution in [0.1, 0.15) is 35.7 Å². The van der Waals surface area contributed by atoms with Gasteiger partial charge in [-0.1, -0.05) is 50.2 Å². The number of rotatable bonds is 5. The Morgan fingerprint density at radius 3 is 2.45 bits per heavy atom. The first-order valence-electron chi connectivity index (χ1n) is 9.59. The Bertz CT molecular complexity index is 1150. The first-order valence-corrected chi connectivity index (χ1v) is 9.59. The van der Waals surface area contributed by atoms with Crippen LogP contribution >= 0.6 is 0 Å². The number of benzene rings is 2. The van der Waals surface area contributed by atoms with E-state index >= 15 is 0 Å². The van der Waals surface area contributed by atoms with Crippen LogP contribution in [-0.2, 0) is 0 Å². The second-order valence-corrected chi connectivity index (χ2v) is 7.13. The van der Waals surface area contributed by atoms with Gasteiger partial charge in [-0.15, -0.1) is 0 Å². The second-order valence-electron chi connectivity index (χ2n) is 7.13. The molecule has 0 spiro atoms. The van der Waals surface area contributed by atoms with Crippen molar-refractivity contribution in [1.82, 2.24) is 9.97 Å². The van der Waals surface area contributed by atoms with Gasteiger partial charge in [0, 0.05) is 23.5 Å². The van der Waals surface area contributed by atoms with E-state index in [2.05, 4.69) is 34.4 Å². The lowest BCUT2D eigenvalue weighted by atomic mass is 10.0. The van der Waals surface area contributed by atoms with Crippen molar-refractivity contribution in [2.75, 3.05) is 10.6 Å². The Balaban J connectivity index is 1.51. The SMILES string of the molecule is CC(C)c1ccccc1NC(=O)c1ccc(Nc2cccc3cccnc23)nc1. The van der Waals surface area contributed by atoms with E-state index in [0.717, 1.165) is 27.8 Å². The molecule has 29 heavy (non-hydrogen) atoms. The second kappa shape index (κ2) is 8.10. The van der Waals surface area contributed by atoms with E-state index in [1.54, 1.807) is 24.5 Å². The van der Waals surface area contributed by atoms with Crippen LogP contribution in [0, 0.1) is 0 Å². The van der Waals surface area contributed by atoms with Gasteiger partial charge in [0.2, 0.25) is 0 Å². The van der Waals surface area contributed by atoms with Crippen LogP contribution in [0.4, 0.5) is 17.2 Å². The summed E-state index contributed by atoms with van der Waals surface area (Å²) in [7, 11) is 0. The first kappa shape index (κ1) is 18.6. The average molecular weight is 382 g/mol. The number of nitrogens with zero attached hydrogens (tertiary/aromatic N) is 2. The molecule has 0 saturated heterocycles. The van der Waals surface area contributed by atoms with E-state index < -0.39 is 0 Å². The van der Waals surface area contributed by atoms with E-state index in [9.17, 15) is 4.79 Å². The molecule has 0 radical (unpaired) electrons. The van der Waals surface area contributed by atoms with Crippen molar-refractivity contribution < 1.29 is 4.79 Å². The smallest absolute Gasteiger partial charge is 0.257 e. The monoisotopic (exact) mass is 382 g/mol. The van der Waals surface area contributed by atoms with Gasteiger partial charge in [-0.05, 0) is 41.8 Å². The van der Waals surface area contributed by atoms with Crippen molar-refractivity contribution in [2.45, 2.75) is 19.8 Å². The number of aromatic nitrogens is 2. The molecule has 0 aliphatic carbocycles. The van der Waals surface area contributed by atoms with Crippen LogP contribution in [0.25, 0.3) is 10.9 Å². The highest BCUT2D eigenvalue weighted by atomic mass is 16.1. The summed E-state index contributed by atoms with van der Waals surface area (Å²) in [6.45, 7) is 4.21. The number of hydrogen-bond donors (Lipinski definition) is 2. The van der Waals surface area contributed by atoms with E-state index in [4.69, 9.17) is 0 Å². The largest absolute Gasteiger partial charge is 0.338 e. The molecule has 0 saturated carbocycles. The maximum Gasteiger partial charge on any atom is 0.257 e. The summed E-state index contributed by atoms with van der Waals surface area (Å²) >= 11 is 0. The number of anilines is 3. The molecular weight excluding hydrogens is 360 g/mol. The maximum absolute atomic E-state index is 12.7. The molecule has 0 aliphatic heterocycles. The number of nitrogens with one attached hydrogen (secondary N) is 2. The molecule has 4 rings (SSSR count). The summed E-state index contributed by atoms with van der Waals surface area (Å²) in [5.74, 6) is 0.803. The minimum atomic E-state index is -0.177.